The second kappa shape index (κ2) is 6.79. The average Bonchev–Trinajstić information content (AvgIpc) is 2.93. The second-order valence-corrected chi connectivity index (χ2v) is 6.35. The third-order valence-corrected chi connectivity index (χ3v) is 4.67. The van der Waals surface area contributed by atoms with E-state index in [0.29, 0.717) is 0 Å². The van der Waals surface area contributed by atoms with Crippen molar-refractivity contribution in [2.75, 3.05) is 32.8 Å². The molecule has 0 spiro atoms. The zero-order chi connectivity index (χ0) is 15.5. The van der Waals surface area contributed by atoms with Crippen LogP contribution in [0.15, 0.2) is 10.6 Å². The van der Waals surface area contributed by atoms with E-state index in [1.54, 1.807) is 0 Å². The molecule has 6 nitrogen and oxygen atoms in total. The molecule has 2 atom stereocenters. The predicted octanol–water partition coefficient (Wildman–Crippen LogP) is 1.44. The molecule has 2 fully saturated rings. The molecule has 2 saturated heterocycles. The molecule has 2 aliphatic rings. The molecule has 6 heteroatoms. The van der Waals surface area contributed by atoms with Gasteiger partial charge in [-0.05, 0) is 26.7 Å². The van der Waals surface area contributed by atoms with E-state index >= 15 is 0 Å². The fourth-order valence-electron chi connectivity index (χ4n) is 3.33. The van der Waals surface area contributed by atoms with Crippen molar-refractivity contribution in [2.24, 2.45) is 5.92 Å². The molecule has 0 bridgehead atoms. The largest absolute Gasteiger partial charge is 0.378 e. The van der Waals surface area contributed by atoms with Gasteiger partial charge < -0.3 is 14.2 Å². The van der Waals surface area contributed by atoms with Crippen molar-refractivity contribution < 1.29 is 14.1 Å². The number of piperazine rings is 1. The zero-order valence-electron chi connectivity index (χ0n) is 13.5. The summed E-state index contributed by atoms with van der Waals surface area (Å²) in [6.45, 7) is 8.86. The summed E-state index contributed by atoms with van der Waals surface area (Å²) in [5.41, 5.74) is 0.964. The van der Waals surface area contributed by atoms with Gasteiger partial charge in [0.25, 0.3) is 0 Å². The highest BCUT2D eigenvalue weighted by Gasteiger charge is 2.33. The molecule has 122 valence electrons. The van der Waals surface area contributed by atoms with Gasteiger partial charge in [0.2, 0.25) is 5.91 Å². The molecule has 1 aromatic heterocycles. The minimum atomic E-state index is 0.0403. The number of hydrogen-bond acceptors (Lipinski definition) is 5. The van der Waals surface area contributed by atoms with E-state index in [2.05, 4.69) is 10.1 Å². The fourth-order valence-corrected chi connectivity index (χ4v) is 3.33. The number of aromatic nitrogens is 1. The minimum absolute atomic E-state index is 0.0403. The Kier molecular flexibility index (Phi) is 4.78. The quantitative estimate of drug-likeness (QED) is 0.846. The first-order valence-corrected chi connectivity index (χ1v) is 8.18. The summed E-state index contributed by atoms with van der Waals surface area (Å²) in [6.07, 6.45) is 2.00. The highest BCUT2D eigenvalue weighted by Crippen LogP contribution is 2.23. The summed E-state index contributed by atoms with van der Waals surface area (Å²) in [6, 6.07) is 1.97. The van der Waals surface area contributed by atoms with Crippen LogP contribution in [0.5, 0.6) is 0 Å². The summed E-state index contributed by atoms with van der Waals surface area (Å²) in [4.78, 5) is 17.0. The van der Waals surface area contributed by atoms with Crippen LogP contribution in [0.2, 0.25) is 0 Å². The van der Waals surface area contributed by atoms with Gasteiger partial charge in [0.1, 0.15) is 5.76 Å². The van der Waals surface area contributed by atoms with Gasteiger partial charge >= 0.3 is 0 Å². The topological polar surface area (TPSA) is 58.8 Å². The van der Waals surface area contributed by atoms with Crippen LogP contribution in [0.25, 0.3) is 0 Å². The molecule has 0 saturated carbocycles. The molecule has 0 aliphatic carbocycles. The van der Waals surface area contributed by atoms with Crippen molar-refractivity contribution in [1.29, 1.82) is 0 Å². The smallest absolute Gasteiger partial charge is 0.228 e. The van der Waals surface area contributed by atoms with E-state index in [0.717, 1.165) is 63.6 Å². The fraction of sp³-hybridized carbons (Fsp3) is 0.750. The monoisotopic (exact) mass is 307 g/mol. The third-order valence-electron chi connectivity index (χ3n) is 4.67. The van der Waals surface area contributed by atoms with Crippen LogP contribution in [0.4, 0.5) is 0 Å². The van der Waals surface area contributed by atoms with E-state index in [1.807, 2.05) is 24.8 Å². The Morgan fingerprint density at radius 2 is 2.14 bits per heavy atom. The van der Waals surface area contributed by atoms with Crippen molar-refractivity contribution >= 4 is 5.91 Å². The van der Waals surface area contributed by atoms with Crippen LogP contribution in [0.3, 0.4) is 0 Å². The minimum Gasteiger partial charge on any atom is -0.378 e. The van der Waals surface area contributed by atoms with E-state index in [4.69, 9.17) is 9.26 Å². The van der Waals surface area contributed by atoms with Crippen LogP contribution in [0, 0.1) is 12.8 Å². The Bertz CT molecular complexity index is 508. The van der Waals surface area contributed by atoms with Crippen molar-refractivity contribution in [1.82, 2.24) is 15.0 Å². The first-order chi connectivity index (χ1) is 10.6. The van der Waals surface area contributed by atoms with E-state index < -0.39 is 0 Å². The summed E-state index contributed by atoms with van der Waals surface area (Å²) < 4.78 is 10.7. The average molecular weight is 307 g/mol. The summed E-state index contributed by atoms with van der Waals surface area (Å²) in [7, 11) is 0. The Morgan fingerprint density at radius 3 is 2.77 bits per heavy atom. The first-order valence-electron chi connectivity index (χ1n) is 8.18. The summed E-state index contributed by atoms with van der Waals surface area (Å²) in [5, 5.41) is 4.03. The van der Waals surface area contributed by atoms with Crippen LogP contribution in [-0.2, 0) is 16.1 Å². The van der Waals surface area contributed by atoms with Crippen molar-refractivity contribution in [3.8, 4) is 0 Å². The summed E-state index contributed by atoms with van der Waals surface area (Å²) in [5.74, 6) is 1.15. The number of ether oxygens (including phenoxy) is 1. The number of nitrogens with zero attached hydrogens (tertiary/aromatic N) is 3. The highest BCUT2D eigenvalue weighted by atomic mass is 16.5. The van der Waals surface area contributed by atoms with E-state index in [1.165, 1.54) is 0 Å². The van der Waals surface area contributed by atoms with Crippen LogP contribution >= 0.6 is 0 Å². The van der Waals surface area contributed by atoms with Crippen LogP contribution in [0.1, 0.15) is 31.2 Å². The maximum absolute atomic E-state index is 12.6. The molecule has 0 N–H and O–H groups in total. The normalized spacial score (nSPS) is 27.1. The Morgan fingerprint density at radius 1 is 1.36 bits per heavy atom. The lowest BCUT2D eigenvalue weighted by Crippen LogP contribution is -2.52. The first kappa shape index (κ1) is 15.5. The van der Waals surface area contributed by atoms with Crippen molar-refractivity contribution in [3.05, 3.63) is 17.5 Å². The lowest BCUT2D eigenvalue weighted by Gasteiger charge is -2.38. The highest BCUT2D eigenvalue weighted by molar-refractivity contribution is 5.79. The maximum atomic E-state index is 12.6. The predicted molar refractivity (Wildman–Crippen MR) is 81.2 cm³/mol. The third kappa shape index (κ3) is 3.50. The maximum Gasteiger partial charge on any atom is 0.228 e. The molecular weight excluding hydrogens is 282 g/mol. The molecule has 0 radical (unpaired) electrons. The van der Waals surface area contributed by atoms with Crippen molar-refractivity contribution in [3.63, 3.8) is 0 Å². The molecule has 1 amide bonds. The molecule has 2 aliphatic heterocycles. The van der Waals surface area contributed by atoms with Gasteiger partial charge in [-0.2, -0.15) is 0 Å². The van der Waals surface area contributed by atoms with Crippen molar-refractivity contribution in [2.45, 2.75) is 39.3 Å². The number of hydrogen-bond donors (Lipinski definition) is 0. The summed E-state index contributed by atoms with van der Waals surface area (Å²) >= 11 is 0. The van der Waals surface area contributed by atoms with Gasteiger partial charge in [0.15, 0.2) is 0 Å². The Balaban J connectivity index is 1.49. The molecule has 0 aromatic carbocycles. The second-order valence-electron chi connectivity index (χ2n) is 6.35. The van der Waals surface area contributed by atoms with E-state index in [-0.39, 0.29) is 17.9 Å². The number of carbonyl (C=O) groups excluding carboxylic acids is 1. The number of rotatable bonds is 3. The molecule has 1 aromatic rings. The van der Waals surface area contributed by atoms with Gasteiger partial charge in [-0.1, -0.05) is 5.16 Å². The zero-order valence-corrected chi connectivity index (χ0v) is 13.5. The number of carbonyl (C=O) groups is 1. The molecule has 22 heavy (non-hydrogen) atoms. The Hall–Kier alpha value is -1.40. The number of aryl methyl sites for hydroxylation is 1. The van der Waals surface area contributed by atoms with Gasteiger partial charge in [0, 0.05) is 45.4 Å². The van der Waals surface area contributed by atoms with Gasteiger partial charge in [-0.25, -0.2) is 0 Å². The van der Waals surface area contributed by atoms with E-state index in [9.17, 15) is 4.79 Å². The Labute approximate surface area is 131 Å². The number of amides is 1. The van der Waals surface area contributed by atoms with Gasteiger partial charge in [-0.15, -0.1) is 0 Å². The van der Waals surface area contributed by atoms with Crippen LogP contribution < -0.4 is 0 Å². The van der Waals surface area contributed by atoms with Gasteiger partial charge in [0.05, 0.1) is 17.7 Å². The SMILES string of the molecule is Cc1cc(CN2CCN(C(=O)C3CCCOC3C)CC2)no1. The molecule has 3 rings (SSSR count). The standard InChI is InChI=1S/C16H25N3O3/c1-12-10-14(17-22-12)11-18-5-7-19(8-6-18)16(20)15-4-3-9-21-13(15)2/h10,13,15H,3-9,11H2,1-2H3. The van der Waals surface area contributed by atoms with Crippen LogP contribution in [-0.4, -0.2) is 59.8 Å². The van der Waals surface area contributed by atoms with Gasteiger partial charge in [-0.3, -0.25) is 9.69 Å². The molecule has 2 unspecified atom stereocenters. The lowest BCUT2D eigenvalue weighted by atomic mass is 9.93. The molecular formula is C16H25N3O3. The lowest BCUT2D eigenvalue weighted by molar-refractivity contribution is -0.145. The molecule has 3 heterocycles.